The van der Waals surface area contributed by atoms with Crippen LogP contribution in [-0.4, -0.2) is 35.4 Å². The Morgan fingerprint density at radius 3 is 2.89 bits per heavy atom. The minimum Gasteiger partial charge on any atom is -0.491 e. The van der Waals surface area contributed by atoms with Crippen molar-refractivity contribution in [3.8, 4) is 5.75 Å². The lowest BCUT2D eigenvalue weighted by Crippen LogP contribution is -2.45. The van der Waals surface area contributed by atoms with Gasteiger partial charge in [-0.25, -0.2) is 0 Å². The van der Waals surface area contributed by atoms with Gasteiger partial charge < -0.3 is 19.4 Å². The highest BCUT2D eigenvalue weighted by Gasteiger charge is 2.39. The van der Waals surface area contributed by atoms with Gasteiger partial charge in [-0.15, -0.1) is 0 Å². The van der Waals surface area contributed by atoms with E-state index < -0.39 is 5.54 Å². The summed E-state index contributed by atoms with van der Waals surface area (Å²) >= 11 is 0. The number of rotatable bonds is 5. The zero-order valence-corrected chi connectivity index (χ0v) is 15.3. The van der Waals surface area contributed by atoms with Gasteiger partial charge in [0.1, 0.15) is 18.1 Å². The summed E-state index contributed by atoms with van der Waals surface area (Å²) in [6, 6.07) is 11.6. The normalized spacial score (nSPS) is 21.9. The highest BCUT2D eigenvalue weighted by atomic mass is 16.5. The Bertz CT molecular complexity index is 817. The number of carbonyl (C=O) groups is 2. The van der Waals surface area contributed by atoms with Crippen molar-refractivity contribution in [3.63, 3.8) is 0 Å². The smallest absolute Gasteiger partial charge is 0.223 e. The van der Waals surface area contributed by atoms with Gasteiger partial charge in [-0.05, 0) is 31.0 Å². The summed E-state index contributed by atoms with van der Waals surface area (Å²) in [7, 11) is 0. The van der Waals surface area contributed by atoms with Crippen LogP contribution in [0.25, 0.3) is 0 Å². The van der Waals surface area contributed by atoms with Crippen molar-refractivity contribution in [1.29, 1.82) is 0 Å². The Morgan fingerprint density at radius 1 is 1.22 bits per heavy atom. The SMILES string of the molecule is O=C1CC[C@](CCC(=O)N2CCOc3ccccc3C2)(Cc2ccco2)N1. The third-order valence-corrected chi connectivity index (χ3v) is 5.45. The summed E-state index contributed by atoms with van der Waals surface area (Å²) in [4.78, 5) is 26.6. The van der Waals surface area contributed by atoms with E-state index in [0.29, 0.717) is 45.4 Å². The topological polar surface area (TPSA) is 71.8 Å². The fraction of sp³-hybridized carbons (Fsp3) is 0.429. The summed E-state index contributed by atoms with van der Waals surface area (Å²) in [5.74, 6) is 1.83. The first-order chi connectivity index (χ1) is 13.1. The van der Waals surface area contributed by atoms with Gasteiger partial charge in [0.15, 0.2) is 0 Å². The van der Waals surface area contributed by atoms with Gasteiger partial charge >= 0.3 is 0 Å². The van der Waals surface area contributed by atoms with Gasteiger partial charge in [-0.3, -0.25) is 9.59 Å². The quantitative estimate of drug-likeness (QED) is 0.881. The molecule has 0 bridgehead atoms. The molecule has 6 heteroatoms. The van der Waals surface area contributed by atoms with Crippen LogP contribution in [-0.2, 0) is 22.6 Å². The van der Waals surface area contributed by atoms with Crippen molar-refractivity contribution in [2.75, 3.05) is 13.2 Å². The lowest BCUT2D eigenvalue weighted by atomic mass is 9.87. The number of hydrogen-bond acceptors (Lipinski definition) is 4. The van der Waals surface area contributed by atoms with E-state index in [1.807, 2.05) is 41.3 Å². The summed E-state index contributed by atoms with van der Waals surface area (Å²) in [6.45, 7) is 1.63. The van der Waals surface area contributed by atoms with E-state index in [9.17, 15) is 9.59 Å². The van der Waals surface area contributed by atoms with Gasteiger partial charge in [0, 0.05) is 36.9 Å². The molecule has 2 aliphatic rings. The monoisotopic (exact) mass is 368 g/mol. The molecule has 2 aliphatic heterocycles. The number of amides is 2. The van der Waals surface area contributed by atoms with Crippen molar-refractivity contribution in [3.05, 3.63) is 54.0 Å². The van der Waals surface area contributed by atoms with E-state index in [4.69, 9.17) is 9.15 Å². The molecule has 0 unspecified atom stereocenters. The van der Waals surface area contributed by atoms with Crippen LogP contribution in [0.4, 0.5) is 0 Å². The third kappa shape index (κ3) is 3.99. The van der Waals surface area contributed by atoms with Gasteiger partial charge in [0.2, 0.25) is 11.8 Å². The molecule has 1 atom stereocenters. The first kappa shape index (κ1) is 17.6. The van der Waals surface area contributed by atoms with E-state index in [0.717, 1.165) is 23.5 Å². The van der Waals surface area contributed by atoms with Crippen molar-refractivity contribution in [2.45, 2.75) is 44.2 Å². The first-order valence-electron chi connectivity index (χ1n) is 9.45. The predicted molar refractivity (Wildman–Crippen MR) is 99.1 cm³/mol. The van der Waals surface area contributed by atoms with Crippen LogP contribution in [0.2, 0.25) is 0 Å². The molecule has 0 aliphatic carbocycles. The average molecular weight is 368 g/mol. The molecule has 2 aromatic rings. The molecule has 142 valence electrons. The predicted octanol–water partition coefficient (Wildman–Crippen LogP) is 2.67. The number of nitrogens with zero attached hydrogens (tertiary/aromatic N) is 1. The number of fused-ring (bicyclic) bond motifs is 1. The molecular weight excluding hydrogens is 344 g/mol. The molecule has 0 saturated carbocycles. The summed E-state index contributed by atoms with van der Waals surface area (Å²) in [6.07, 6.45) is 4.48. The standard InChI is InChI=1S/C21H24N2O4/c24-19-7-9-21(22-19,14-17-5-3-12-26-17)10-8-20(25)23-11-13-27-18-6-2-1-4-16(18)15-23/h1-6,12H,7-11,13-15H2,(H,22,24)/t21-/m0/s1. The van der Waals surface area contributed by atoms with Crippen molar-refractivity contribution in [1.82, 2.24) is 10.2 Å². The second kappa shape index (κ2) is 7.47. The summed E-state index contributed by atoms with van der Waals surface area (Å²) < 4.78 is 11.2. The lowest BCUT2D eigenvalue weighted by Gasteiger charge is -2.29. The second-order valence-corrected chi connectivity index (χ2v) is 7.36. The van der Waals surface area contributed by atoms with Crippen LogP contribution in [0.1, 0.15) is 37.0 Å². The maximum Gasteiger partial charge on any atom is 0.223 e. The molecule has 6 nitrogen and oxygen atoms in total. The molecule has 0 radical (unpaired) electrons. The summed E-state index contributed by atoms with van der Waals surface area (Å²) in [5.41, 5.74) is 0.632. The Hall–Kier alpha value is -2.76. The maximum atomic E-state index is 12.9. The van der Waals surface area contributed by atoms with Crippen molar-refractivity contribution in [2.24, 2.45) is 0 Å². The van der Waals surface area contributed by atoms with Gasteiger partial charge in [0.05, 0.1) is 12.8 Å². The van der Waals surface area contributed by atoms with E-state index in [-0.39, 0.29) is 11.8 Å². The fourth-order valence-electron chi connectivity index (χ4n) is 3.97. The zero-order chi connectivity index (χ0) is 18.7. The minimum absolute atomic E-state index is 0.0473. The molecule has 1 N–H and O–H groups in total. The highest BCUT2D eigenvalue weighted by molar-refractivity contribution is 5.80. The molecule has 3 heterocycles. The number of furan rings is 1. The number of benzene rings is 1. The molecule has 1 aromatic carbocycles. The van der Waals surface area contributed by atoms with Crippen molar-refractivity contribution >= 4 is 11.8 Å². The van der Waals surface area contributed by atoms with Crippen molar-refractivity contribution < 1.29 is 18.7 Å². The molecule has 0 spiro atoms. The Morgan fingerprint density at radius 2 is 2.11 bits per heavy atom. The average Bonchev–Trinajstić information content (AvgIpc) is 3.24. The van der Waals surface area contributed by atoms with Crippen LogP contribution in [0, 0.1) is 0 Å². The van der Waals surface area contributed by atoms with E-state index in [1.54, 1.807) is 6.26 Å². The minimum atomic E-state index is -0.398. The van der Waals surface area contributed by atoms with Gasteiger partial charge in [-0.2, -0.15) is 0 Å². The second-order valence-electron chi connectivity index (χ2n) is 7.36. The fourth-order valence-corrected chi connectivity index (χ4v) is 3.97. The number of ether oxygens (including phenoxy) is 1. The molecule has 27 heavy (non-hydrogen) atoms. The molecular formula is C21H24N2O4. The van der Waals surface area contributed by atoms with Crippen LogP contribution in [0.5, 0.6) is 5.75 Å². The zero-order valence-electron chi connectivity index (χ0n) is 15.3. The number of carbonyl (C=O) groups excluding carboxylic acids is 2. The van der Waals surface area contributed by atoms with Crippen LogP contribution in [0.3, 0.4) is 0 Å². The molecule has 1 saturated heterocycles. The van der Waals surface area contributed by atoms with Gasteiger partial charge in [0.25, 0.3) is 0 Å². The third-order valence-electron chi connectivity index (χ3n) is 5.45. The Labute approximate surface area is 158 Å². The van der Waals surface area contributed by atoms with E-state index in [2.05, 4.69) is 5.32 Å². The van der Waals surface area contributed by atoms with Crippen LogP contribution in [0.15, 0.2) is 47.1 Å². The van der Waals surface area contributed by atoms with Crippen LogP contribution < -0.4 is 10.1 Å². The number of para-hydroxylation sites is 1. The highest BCUT2D eigenvalue weighted by Crippen LogP contribution is 2.30. The summed E-state index contributed by atoms with van der Waals surface area (Å²) in [5, 5.41) is 3.10. The molecule has 1 aromatic heterocycles. The largest absolute Gasteiger partial charge is 0.491 e. The van der Waals surface area contributed by atoms with Crippen LogP contribution >= 0.6 is 0 Å². The Balaban J connectivity index is 1.42. The molecule has 2 amide bonds. The Kier molecular flexibility index (Phi) is 4.88. The lowest BCUT2D eigenvalue weighted by molar-refractivity contribution is -0.132. The van der Waals surface area contributed by atoms with E-state index >= 15 is 0 Å². The van der Waals surface area contributed by atoms with E-state index in [1.165, 1.54) is 0 Å². The number of nitrogens with one attached hydrogen (secondary N) is 1. The first-order valence-corrected chi connectivity index (χ1v) is 9.45. The molecule has 4 rings (SSSR count). The molecule has 1 fully saturated rings. The number of hydrogen-bond donors (Lipinski definition) is 1. The maximum absolute atomic E-state index is 12.9. The van der Waals surface area contributed by atoms with Gasteiger partial charge in [-0.1, -0.05) is 18.2 Å².